The number of hydrogen-bond donors (Lipinski definition) is 1. The van der Waals surface area contributed by atoms with E-state index in [2.05, 4.69) is 15.0 Å². The van der Waals surface area contributed by atoms with Crippen molar-refractivity contribution in [3.8, 4) is 0 Å². The van der Waals surface area contributed by atoms with E-state index in [1.807, 2.05) is 0 Å². The lowest BCUT2D eigenvalue weighted by molar-refractivity contribution is 0.187. The molecule has 1 aliphatic rings. The molecular formula is C13H17FN2O2. The fraction of sp³-hybridized carbons (Fsp3) is 0.462. The fourth-order valence-corrected chi connectivity index (χ4v) is 2.18. The van der Waals surface area contributed by atoms with E-state index in [1.54, 1.807) is 6.07 Å². The van der Waals surface area contributed by atoms with Crippen molar-refractivity contribution in [2.45, 2.75) is 19.3 Å². The molecule has 0 radical (unpaired) electrons. The molecule has 1 saturated heterocycles. The maximum Gasteiger partial charge on any atom is 0.411 e. The summed E-state index contributed by atoms with van der Waals surface area (Å²) in [5.74, 6) is -0.373. The highest BCUT2D eigenvalue weighted by Gasteiger charge is 2.16. The number of piperidine rings is 1. The number of nitrogens with zero attached hydrogens (tertiary/aromatic N) is 1. The Hall–Kier alpha value is -1.78. The summed E-state index contributed by atoms with van der Waals surface area (Å²) < 4.78 is 17.8. The van der Waals surface area contributed by atoms with E-state index >= 15 is 0 Å². The molecule has 1 heterocycles. The van der Waals surface area contributed by atoms with Crippen LogP contribution < -0.4 is 10.2 Å². The van der Waals surface area contributed by atoms with Gasteiger partial charge in [0, 0.05) is 13.1 Å². The molecule has 2 rings (SSSR count). The minimum Gasteiger partial charge on any atom is -0.453 e. The minimum absolute atomic E-state index is 0.373. The molecule has 5 heteroatoms. The molecule has 0 spiro atoms. The van der Waals surface area contributed by atoms with Crippen molar-refractivity contribution < 1.29 is 13.9 Å². The summed E-state index contributed by atoms with van der Waals surface area (Å²) in [7, 11) is 1.29. The lowest BCUT2D eigenvalue weighted by Crippen LogP contribution is -2.30. The van der Waals surface area contributed by atoms with Crippen LogP contribution in [0.5, 0.6) is 0 Å². The van der Waals surface area contributed by atoms with Crippen molar-refractivity contribution in [1.29, 1.82) is 0 Å². The monoisotopic (exact) mass is 252 g/mol. The summed E-state index contributed by atoms with van der Waals surface area (Å²) in [5.41, 5.74) is 1.31. The molecule has 1 fully saturated rings. The highest BCUT2D eigenvalue weighted by molar-refractivity contribution is 5.89. The Morgan fingerprint density at radius 2 is 2.06 bits per heavy atom. The van der Waals surface area contributed by atoms with Crippen LogP contribution in [0.25, 0.3) is 0 Å². The van der Waals surface area contributed by atoms with E-state index in [1.165, 1.54) is 25.7 Å². The van der Waals surface area contributed by atoms with Crippen LogP contribution in [0.1, 0.15) is 19.3 Å². The maximum absolute atomic E-state index is 13.3. The first kappa shape index (κ1) is 12.7. The Balaban J connectivity index is 2.24. The first-order valence-electron chi connectivity index (χ1n) is 6.10. The number of benzene rings is 1. The molecule has 0 aliphatic carbocycles. The van der Waals surface area contributed by atoms with Gasteiger partial charge in [-0.15, -0.1) is 0 Å². The zero-order valence-electron chi connectivity index (χ0n) is 10.4. The quantitative estimate of drug-likeness (QED) is 0.879. The molecular weight excluding hydrogens is 235 g/mol. The van der Waals surface area contributed by atoms with Gasteiger partial charge < -0.3 is 9.64 Å². The van der Waals surface area contributed by atoms with E-state index in [-0.39, 0.29) is 5.82 Å². The lowest BCUT2D eigenvalue weighted by atomic mass is 10.1. The van der Waals surface area contributed by atoms with Gasteiger partial charge in [-0.2, -0.15) is 0 Å². The number of carbonyl (C=O) groups is 1. The Kier molecular flexibility index (Phi) is 4.02. The topological polar surface area (TPSA) is 41.6 Å². The van der Waals surface area contributed by atoms with Crippen molar-refractivity contribution >= 4 is 17.5 Å². The first-order chi connectivity index (χ1) is 8.70. The molecule has 0 atom stereocenters. The molecule has 0 unspecified atom stereocenters. The first-order valence-corrected chi connectivity index (χ1v) is 6.10. The largest absolute Gasteiger partial charge is 0.453 e. The highest BCUT2D eigenvalue weighted by Crippen LogP contribution is 2.29. The van der Waals surface area contributed by atoms with Gasteiger partial charge in [-0.05, 0) is 37.5 Å². The number of rotatable bonds is 2. The Morgan fingerprint density at radius 3 is 2.72 bits per heavy atom. The third kappa shape index (κ3) is 2.91. The zero-order valence-corrected chi connectivity index (χ0v) is 10.4. The molecule has 0 saturated carbocycles. The summed E-state index contributed by atoms with van der Waals surface area (Å²) in [4.78, 5) is 13.4. The highest BCUT2D eigenvalue weighted by atomic mass is 19.1. The number of hydrogen-bond acceptors (Lipinski definition) is 3. The van der Waals surface area contributed by atoms with Crippen molar-refractivity contribution in [1.82, 2.24) is 0 Å². The predicted octanol–water partition coefficient (Wildman–Crippen LogP) is 2.99. The van der Waals surface area contributed by atoms with Gasteiger partial charge in [0.15, 0.2) is 0 Å². The van der Waals surface area contributed by atoms with Gasteiger partial charge in [0.05, 0.1) is 18.5 Å². The summed E-state index contributed by atoms with van der Waals surface area (Å²) in [6, 6.07) is 4.43. The van der Waals surface area contributed by atoms with Gasteiger partial charge >= 0.3 is 6.09 Å². The summed E-state index contributed by atoms with van der Waals surface area (Å²) in [6.45, 7) is 1.86. The molecule has 4 nitrogen and oxygen atoms in total. The lowest BCUT2D eigenvalue weighted by Gasteiger charge is -2.30. The third-order valence-corrected chi connectivity index (χ3v) is 3.08. The van der Waals surface area contributed by atoms with E-state index in [0.717, 1.165) is 31.6 Å². The van der Waals surface area contributed by atoms with E-state index in [9.17, 15) is 9.18 Å². The standard InChI is InChI=1S/C13H17FN2O2/c1-18-13(17)15-11-9-10(14)5-6-12(11)16-7-3-2-4-8-16/h5-6,9H,2-4,7-8H2,1H3,(H,15,17). The number of methoxy groups -OCH3 is 1. The smallest absolute Gasteiger partial charge is 0.411 e. The Morgan fingerprint density at radius 1 is 1.33 bits per heavy atom. The average Bonchev–Trinajstić information content (AvgIpc) is 2.40. The van der Waals surface area contributed by atoms with E-state index in [4.69, 9.17) is 0 Å². The van der Waals surface area contributed by atoms with Crippen LogP contribution >= 0.6 is 0 Å². The maximum atomic E-state index is 13.3. The van der Waals surface area contributed by atoms with Crippen LogP contribution in [-0.4, -0.2) is 26.3 Å². The number of nitrogens with one attached hydrogen (secondary N) is 1. The molecule has 0 aromatic heterocycles. The van der Waals surface area contributed by atoms with Crippen LogP contribution in [0, 0.1) is 5.82 Å². The SMILES string of the molecule is COC(=O)Nc1cc(F)ccc1N1CCCCC1. The molecule has 1 aliphatic heterocycles. The normalized spacial score (nSPS) is 15.3. The third-order valence-electron chi connectivity index (χ3n) is 3.08. The van der Waals surface area contributed by atoms with E-state index < -0.39 is 6.09 Å². The van der Waals surface area contributed by atoms with Crippen LogP contribution in [0.2, 0.25) is 0 Å². The number of ether oxygens (including phenoxy) is 1. The molecule has 1 N–H and O–H groups in total. The van der Waals surface area contributed by atoms with Crippen LogP contribution in [0.3, 0.4) is 0 Å². The van der Waals surface area contributed by atoms with E-state index in [0.29, 0.717) is 5.69 Å². The van der Waals surface area contributed by atoms with Crippen LogP contribution in [0.4, 0.5) is 20.6 Å². The Labute approximate surface area is 106 Å². The number of anilines is 2. The van der Waals surface area contributed by atoms with Crippen molar-refractivity contribution in [2.75, 3.05) is 30.4 Å². The molecule has 18 heavy (non-hydrogen) atoms. The molecule has 1 amide bonds. The van der Waals surface area contributed by atoms with Gasteiger partial charge in [0.2, 0.25) is 0 Å². The average molecular weight is 252 g/mol. The summed E-state index contributed by atoms with van der Waals surface area (Å²) in [5, 5.41) is 2.56. The molecule has 1 aromatic rings. The second kappa shape index (κ2) is 5.71. The second-order valence-electron chi connectivity index (χ2n) is 4.33. The number of amides is 1. The Bertz CT molecular complexity index is 431. The van der Waals surface area contributed by atoms with Gasteiger partial charge in [-0.25, -0.2) is 9.18 Å². The van der Waals surface area contributed by atoms with Crippen molar-refractivity contribution in [2.24, 2.45) is 0 Å². The summed E-state index contributed by atoms with van der Waals surface area (Å²) in [6.07, 6.45) is 2.88. The van der Waals surface area contributed by atoms with Gasteiger partial charge in [0.25, 0.3) is 0 Å². The molecule has 1 aromatic carbocycles. The van der Waals surface area contributed by atoms with Gasteiger partial charge in [-0.1, -0.05) is 0 Å². The number of carbonyl (C=O) groups excluding carboxylic acids is 1. The van der Waals surface area contributed by atoms with Crippen molar-refractivity contribution in [3.05, 3.63) is 24.0 Å². The zero-order chi connectivity index (χ0) is 13.0. The fourth-order valence-electron chi connectivity index (χ4n) is 2.18. The van der Waals surface area contributed by atoms with Gasteiger partial charge in [0.1, 0.15) is 5.82 Å². The minimum atomic E-state index is -0.584. The van der Waals surface area contributed by atoms with Crippen LogP contribution in [0.15, 0.2) is 18.2 Å². The number of halogens is 1. The predicted molar refractivity (Wildman–Crippen MR) is 68.5 cm³/mol. The molecule has 98 valence electrons. The van der Waals surface area contributed by atoms with Gasteiger partial charge in [-0.3, -0.25) is 5.32 Å². The summed E-state index contributed by atoms with van der Waals surface area (Å²) >= 11 is 0. The second-order valence-corrected chi connectivity index (χ2v) is 4.33. The molecule has 0 bridgehead atoms. The van der Waals surface area contributed by atoms with Crippen LogP contribution in [-0.2, 0) is 4.74 Å². The van der Waals surface area contributed by atoms with Crippen molar-refractivity contribution in [3.63, 3.8) is 0 Å².